The summed E-state index contributed by atoms with van der Waals surface area (Å²) in [5.74, 6) is -1.02. The molecule has 1 unspecified atom stereocenters. The van der Waals surface area contributed by atoms with Crippen LogP contribution in [0.2, 0.25) is 0 Å². The molecule has 0 spiro atoms. The second kappa shape index (κ2) is 3.19. The second-order valence-corrected chi connectivity index (χ2v) is 3.02. The zero-order valence-electron chi connectivity index (χ0n) is 7.33. The molecule has 2 N–H and O–H groups in total. The lowest BCUT2D eigenvalue weighted by atomic mass is 9.95. The minimum absolute atomic E-state index is 0.894. The number of carboxylic acids is 1. The van der Waals surface area contributed by atoms with Crippen molar-refractivity contribution in [2.24, 2.45) is 0 Å². The van der Waals surface area contributed by atoms with Crippen molar-refractivity contribution in [1.29, 1.82) is 0 Å². The molecule has 0 fully saturated rings. The first-order valence-corrected chi connectivity index (χ1v) is 3.42. The molecule has 0 saturated carbocycles. The maximum absolute atomic E-state index is 10.7. The van der Waals surface area contributed by atoms with E-state index >= 15 is 0 Å². The molecule has 0 aliphatic heterocycles. The molecule has 11 heavy (non-hydrogen) atoms. The van der Waals surface area contributed by atoms with Gasteiger partial charge in [-0.1, -0.05) is 0 Å². The molecule has 4 nitrogen and oxygen atoms in total. The van der Waals surface area contributed by atoms with Crippen LogP contribution in [-0.2, 0) is 4.79 Å². The van der Waals surface area contributed by atoms with Crippen LogP contribution in [-0.4, -0.2) is 46.8 Å². The Morgan fingerprint density at radius 2 is 1.91 bits per heavy atom. The van der Waals surface area contributed by atoms with Crippen molar-refractivity contribution in [3.63, 3.8) is 0 Å². The molecule has 0 amide bonds. The smallest absolute Gasteiger partial charge is 0.326 e. The molecule has 0 rings (SSSR count). The van der Waals surface area contributed by atoms with Gasteiger partial charge < -0.3 is 10.2 Å². The van der Waals surface area contributed by atoms with Crippen molar-refractivity contribution in [2.75, 3.05) is 14.1 Å². The zero-order chi connectivity index (χ0) is 9.23. The summed E-state index contributed by atoms with van der Waals surface area (Å²) >= 11 is 0. The van der Waals surface area contributed by atoms with E-state index in [1.54, 1.807) is 14.1 Å². The molecule has 4 heteroatoms. The molecule has 66 valence electrons. The molecule has 0 aliphatic carbocycles. The van der Waals surface area contributed by atoms with Crippen LogP contribution < -0.4 is 0 Å². The van der Waals surface area contributed by atoms with Crippen molar-refractivity contribution in [2.45, 2.75) is 25.5 Å². The minimum atomic E-state index is -1.19. The molecule has 0 aromatic heterocycles. The third-order valence-electron chi connectivity index (χ3n) is 2.18. The van der Waals surface area contributed by atoms with E-state index in [1.165, 1.54) is 18.7 Å². The summed E-state index contributed by atoms with van der Waals surface area (Å²) < 4.78 is 0. The predicted molar refractivity (Wildman–Crippen MR) is 41.4 cm³/mol. The van der Waals surface area contributed by atoms with Crippen LogP contribution in [0.25, 0.3) is 0 Å². The van der Waals surface area contributed by atoms with Crippen LogP contribution in [0.15, 0.2) is 0 Å². The second-order valence-electron chi connectivity index (χ2n) is 3.02. The van der Waals surface area contributed by atoms with Gasteiger partial charge >= 0.3 is 5.97 Å². The standard InChI is InChI=1S/C7H15NO3/c1-5(9)7(2,6(10)11)8(3)4/h5,9H,1-4H3,(H,10,11)/t5?,7-/m0/s1. The van der Waals surface area contributed by atoms with Gasteiger partial charge in [0.25, 0.3) is 0 Å². The van der Waals surface area contributed by atoms with E-state index in [0.717, 1.165) is 0 Å². The van der Waals surface area contributed by atoms with Gasteiger partial charge in [0, 0.05) is 0 Å². The van der Waals surface area contributed by atoms with Crippen LogP contribution in [0.5, 0.6) is 0 Å². The van der Waals surface area contributed by atoms with Gasteiger partial charge in [0.15, 0.2) is 0 Å². The maximum Gasteiger partial charge on any atom is 0.326 e. The molecular weight excluding hydrogens is 146 g/mol. The summed E-state index contributed by atoms with van der Waals surface area (Å²) in [6.45, 7) is 2.95. The summed E-state index contributed by atoms with van der Waals surface area (Å²) in [7, 11) is 3.25. The molecule has 0 radical (unpaired) electrons. The maximum atomic E-state index is 10.7. The van der Waals surface area contributed by atoms with Gasteiger partial charge in [-0.2, -0.15) is 0 Å². The van der Waals surface area contributed by atoms with E-state index in [4.69, 9.17) is 5.11 Å². The van der Waals surface area contributed by atoms with Gasteiger partial charge in [0.2, 0.25) is 0 Å². The van der Waals surface area contributed by atoms with Crippen molar-refractivity contribution in [1.82, 2.24) is 4.90 Å². The van der Waals surface area contributed by atoms with Crippen LogP contribution in [0.3, 0.4) is 0 Å². The van der Waals surface area contributed by atoms with Gasteiger partial charge in [0.05, 0.1) is 6.10 Å². The molecule has 0 aliphatic rings. The number of hydrogen-bond acceptors (Lipinski definition) is 3. The number of carbonyl (C=O) groups is 1. The van der Waals surface area contributed by atoms with E-state index in [-0.39, 0.29) is 0 Å². The predicted octanol–water partition coefficient (Wildman–Crippen LogP) is -0.228. The monoisotopic (exact) mass is 161 g/mol. The van der Waals surface area contributed by atoms with E-state index in [1.807, 2.05) is 0 Å². The molecule has 2 atom stereocenters. The van der Waals surface area contributed by atoms with Gasteiger partial charge in [0.1, 0.15) is 5.54 Å². The van der Waals surface area contributed by atoms with Gasteiger partial charge in [-0.25, -0.2) is 0 Å². The first-order valence-electron chi connectivity index (χ1n) is 3.42. The normalized spacial score (nSPS) is 19.5. The van der Waals surface area contributed by atoms with E-state index in [9.17, 15) is 9.90 Å². The highest BCUT2D eigenvalue weighted by molar-refractivity contribution is 5.78. The summed E-state index contributed by atoms with van der Waals surface area (Å²) in [6.07, 6.45) is -0.894. The molecule has 0 aromatic rings. The zero-order valence-corrected chi connectivity index (χ0v) is 7.33. The average Bonchev–Trinajstić information content (AvgIpc) is 1.84. The number of likely N-dealkylation sites (N-methyl/N-ethyl adjacent to an activating group) is 1. The summed E-state index contributed by atoms with van der Waals surface area (Å²) in [4.78, 5) is 12.2. The largest absolute Gasteiger partial charge is 0.480 e. The van der Waals surface area contributed by atoms with Crippen molar-refractivity contribution >= 4 is 5.97 Å². The van der Waals surface area contributed by atoms with E-state index in [0.29, 0.717) is 0 Å². The Morgan fingerprint density at radius 3 is 1.91 bits per heavy atom. The Hall–Kier alpha value is -0.610. The van der Waals surface area contributed by atoms with Crippen molar-refractivity contribution in [3.8, 4) is 0 Å². The van der Waals surface area contributed by atoms with Crippen LogP contribution in [0.1, 0.15) is 13.8 Å². The SMILES string of the molecule is CC(O)[C@@](C)(C(=O)O)N(C)C. The topological polar surface area (TPSA) is 60.8 Å². The highest BCUT2D eigenvalue weighted by Gasteiger charge is 2.40. The first-order chi connectivity index (χ1) is 4.83. The highest BCUT2D eigenvalue weighted by atomic mass is 16.4. The van der Waals surface area contributed by atoms with Crippen molar-refractivity contribution < 1.29 is 15.0 Å². The van der Waals surface area contributed by atoms with Crippen LogP contribution >= 0.6 is 0 Å². The molecule has 0 bridgehead atoms. The number of carboxylic acid groups (broad SMARTS) is 1. The number of hydrogen-bond donors (Lipinski definition) is 2. The fourth-order valence-electron chi connectivity index (χ4n) is 0.744. The van der Waals surface area contributed by atoms with Crippen LogP contribution in [0.4, 0.5) is 0 Å². The summed E-state index contributed by atoms with van der Waals surface area (Å²) in [5, 5.41) is 18.0. The minimum Gasteiger partial charge on any atom is -0.480 e. The Kier molecular flexibility index (Phi) is 3.02. The third-order valence-corrected chi connectivity index (χ3v) is 2.18. The van der Waals surface area contributed by atoms with E-state index < -0.39 is 17.6 Å². The number of nitrogens with zero attached hydrogens (tertiary/aromatic N) is 1. The molecule has 0 saturated heterocycles. The number of aliphatic hydroxyl groups is 1. The Balaban J connectivity index is 4.67. The number of rotatable bonds is 3. The quantitative estimate of drug-likeness (QED) is 0.600. The molecule has 0 heterocycles. The Labute approximate surface area is 66.4 Å². The van der Waals surface area contributed by atoms with Crippen molar-refractivity contribution in [3.05, 3.63) is 0 Å². The van der Waals surface area contributed by atoms with Gasteiger partial charge in [-0.15, -0.1) is 0 Å². The van der Waals surface area contributed by atoms with Crippen LogP contribution in [0, 0.1) is 0 Å². The Bertz CT molecular complexity index is 146. The lowest BCUT2D eigenvalue weighted by Gasteiger charge is -2.34. The summed E-state index contributed by atoms with van der Waals surface area (Å²) in [5.41, 5.74) is -1.19. The Morgan fingerprint density at radius 1 is 1.55 bits per heavy atom. The van der Waals surface area contributed by atoms with Gasteiger partial charge in [-0.05, 0) is 27.9 Å². The average molecular weight is 161 g/mol. The van der Waals surface area contributed by atoms with E-state index in [2.05, 4.69) is 0 Å². The lowest BCUT2D eigenvalue weighted by Crippen LogP contribution is -2.56. The molecular formula is C7H15NO3. The fraction of sp³-hybridized carbons (Fsp3) is 0.857. The number of aliphatic carboxylic acids is 1. The fourth-order valence-corrected chi connectivity index (χ4v) is 0.744. The lowest BCUT2D eigenvalue weighted by molar-refractivity contribution is -0.155. The highest BCUT2D eigenvalue weighted by Crippen LogP contribution is 2.16. The summed E-state index contributed by atoms with van der Waals surface area (Å²) in [6, 6.07) is 0. The van der Waals surface area contributed by atoms with Gasteiger partial charge in [-0.3, -0.25) is 9.69 Å². The molecule has 0 aromatic carbocycles. The first kappa shape index (κ1) is 10.4. The third kappa shape index (κ3) is 1.70. The number of aliphatic hydroxyl groups excluding tert-OH is 1.